The number of hydrogen-bond acceptors (Lipinski definition) is 3. The molecule has 0 bridgehead atoms. The summed E-state index contributed by atoms with van der Waals surface area (Å²) in [5, 5.41) is 2.58. The van der Waals surface area contributed by atoms with Crippen LogP contribution in [0, 0.1) is 17.8 Å². The highest BCUT2D eigenvalue weighted by molar-refractivity contribution is 7.92. The van der Waals surface area contributed by atoms with Gasteiger partial charge in [-0.2, -0.15) is 0 Å². The molecule has 5 heteroatoms. The number of rotatable bonds is 4. The van der Waals surface area contributed by atoms with Crippen LogP contribution in [0.1, 0.15) is 57.8 Å². The molecule has 4 nitrogen and oxygen atoms in total. The van der Waals surface area contributed by atoms with Gasteiger partial charge in [0.25, 0.3) is 0 Å². The number of amides is 1. The summed E-state index contributed by atoms with van der Waals surface area (Å²) in [5.41, 5.74) is 0. The molecule has 1 saturated heterocycles. The molecule has 0 aromatic heterocycles. The summed E-state index contributed by atoms with van der Waals surface area (Å²) in [6, 6.07) is 0. The van der Waals surface area contributed by atoms with E-state index in [1.807, 2.05) is 0 Å². The minimum Gasteiger partial charge on any atom is -0.355 e. The average Bonchev–Trinajstić information content (AvgIpc) is 3.27. The van der Waals surface area contributed by atoms with E-state index in [4.69, 9.17) is 0 Å². The fourth-order valence-electron chi connectivity index (χ4n) is 4.20. The topological polar surface area (TPSA) is 63.2 Å². The van der Waals surface area contributed by atoms with Crippen LogP contribution in [-0.4, -0.2) is 31.9 Å². The van der Waals surface area contributed by atoms with Crippen LogP contribution in [0.25, 0.3) is 0 Å². The van der Waals surface area contributed by atoms with E-state index < -0.39 is 9.84 Å². The molecule has 1 heterocycles. The Morgan fingerprint density at radius 2 is 1.71 bits per heavy atom. The molecule has 3 rings (SSSR count). The van der Waals surface area contributed by atoms with Crippen molar-refractivity contribution in [2.24, 2.45) is 17.8 Å². The number of nitrogens with one attached hydrogen (secondary N) is 1. The van der Waals surface area contributed by atoms with Crippen LogP contribution in [-0.2, 0) is 14.6 Å². The lowest BCUT2D eigenvalue weighted by Crippen LogP contribution is -2.40. The highest BCUT2D eigenvalue weighted by atomic mass is 32.2. The summed E-state index contributed by atoms with van der Waals surface area (Å²) in [6.07, 6.45) is 10.0. The SMILES string of the molecule is O=C(NCC1CCCCS1(=O)=O)C1CC1C1CCCCC1. The molecule has 120 valence electrons. The second-order valence-corrected chi connectivity index (χ2v) is 9.53. The first kappa shape index (κ1) is 15.3. The maximum absolute atomic E-state index is 12.2. The molecule has 0 spiro atoms. The molecule has 0 aromatic rings. The van der Waals surface area contributed by atoms with Crippen LogP contribution >= 0.6 is 0 Å². The third-order valence-electron chi connectivity index (χ3n) is 5.65. The molecular weight excluding hydrogens is 286 g/mol. The molecule has 0 radical (unpaired) electrons. The first-order valence-corrected chi connectivity index (χ1v) is 10.3. The zero-order valence-corrected chi connectivity index (χ0v) is 13.5. The van der Waals surface area contributed by atoms with Crippen molar-refractivity contribution in [1.29, 1.82) is 0 Å². The van der Waals surface area contributed by atoms with Crippen LogP contribution in [0.15, 0.2) is 0 Å². The summed E-state index contributed by atoms with van der Waals surface area (Å²) in [4.78, 5) is 12.2. The minimum atomic E-state index is -2.97. The maximum Gasteiger partial charge on any atom is 0.223 e. The van der Waals surface area contributed by atoms with Gasteiger partial charge in [-0.3, -0.25) is 4.79 Å². The van der Waals surface area contributed by atoms with Crippen LogP contribution in [0.4, 0.5) is 0 Å². The lowest BCUT2D eigenvalue weighted by Gasteiger charge is -2.23. The summed E-state index contributed by atoms with van der Waals surface area (Å²) in [6.45, 7) is 0.328. The molecule has 1 amide bonds. The predicted octanol–water partition coefficient (Wildman–Crippen LogP) is 2.29. The fourth-order valence-corrected chi connectivity index (χ4v) is 6.00. The van der Waals surface area contributed by atoms with Gasteiger partial charge in [0.15, 0.2) is 9.84 Å². The Bertz CT molecular complexity index is 482. The summed E-state index contributed by atoms with van der Waals surface area (Å²) >= 11 is 0. The summed E-state index contributed by atoms with van der Waals surface area (Å²) in [5.74, 6) is 1.88. The van der Waals surface area contributed by atoms with Crippen LogP contribution in [0.2, 0.25) is 0 Å². The van der Waals surface area contributed by atoms with E-state index in [1.165, 1.54) is 32.1 Å². The second-order valence-electron chi connectivity index (χ2n) is 7.13. The van der Waals surface area contributed by atoms with Gasteiger partial charge in [-0.05, 0) is 31.1 Å². The van der Waals surface area contributed by atoms with Gasteiger partial charge in [-0.1, -0.05) is 38.5 Å². The van der Waals surface area contributed by atoms with Crippen molar-refractivity contribution in [3.63, 3.8) is 0 Å². The largest absolute Gasteiger partial charge is 0.355 e. The highest BCUT2D eigenvalue weighted by Gasteiger charge is 2.47. The van der Waals surface area contributed by atoms with Crippen LogP contribution < -0.4 is 5.32 Å². The molecule has 3 aliphatic rings. The van der Waals surface area contributed by atoms with Crippen LogP contribution in [0.5, 0.6) is 0 Å². The van der Waals surface area contributed by atoms with E-state index in [0.717, 1.165) is 25.2 Å². The van der Waals surface area contributed by atoms with Crippen molar-refractivity contribution in [2.75, 3.05) is 12.3 Å². The second kappa shape index (κ2) is 6.27. The minimum absolute atomic E-state index is 0.103. The van der Waals surface area contributed by atoms with Gasteiger partial charge in [0, 0.05) is 12.5 Å². The summed E-state index contributed by atoms with van der Waals surface area (Å²) in [7, 11) is -2.97. The van der Waals surface area contributed by atoms with Crippen molar-refractivity contribution in [3.8, 4) is 0 Å². The van der Waals surface area contributed by atoms with Crippen molar-refractivity contribution < 1.29 is 13.2 Å². The number of hydrogen-bond donors (Lipinski definition) is 1. The van der Waals surface area contributed by atoms with Gasteiger partial charge in [0.05, 0.1) is 11.0 Å². The number of carbonyl (C=O) groups is 1. The van der Waals surface area contributed by atoms with E-state index in [9.17, 15) is 13.2 Å². The first-order chi connectivity index (χ1) is 10.1. The molecule has 1 N–H and O–H groups in total. The van der Waals surface area contributed by atoms with Crippen molar-refractivity contribution in [2.45, 2.75) is 63.0 Å². The third kappa shape index (κ3) is 3.61. The molecule has 3 fully saturated rings. The predicted molar refractivity (Wildman–Crippen MR) is 82.6 cm³/mol. The Balaban J connectivity index is 1.45. The Labute approximate surface area is 128 Å². The number of sulfone groups is 1. The molecule has 21 heavy (non-hydrogen) atoms. The standard InChI is InChI=1S/C16H27NO3S/c18-16(15-10-14(15)12-6-2-1-3-7-12)17-11-13-8-4-5-9-21(13,19)20/h12-15H,1-11H2,(H,17,18). The zero-order chi connectivity index (χ0) is 14.9. The summed E-state index contributed by atoms with van der Waals surface area (Å²) < 4.78 is 23.9. The van der Waals surface area contributed by atoms with Crippen molar-refractivity contribution >= 4 is 15.7 Å². The number of carbonyl (C=O) groups excluding carboxylic acids is 1. The van der Waals surface area contributed by atoms with Crippen LogP contribution in [0.3, 0.4) is 0 Å². The fraction of sp³-hybridized carbons (Fsp3) is 0.938. The molecule has 3 unspecified atom stereocenters. The lowest BCUT2D eigenvalue weighted by molar-refractivity contribution is -0.122. The quantitative estimate of drug-likeness (QED) is 0.866. The normalized spacial score (nSPS) is 36.1. The third-order valence-corrected chi connectivity index (χ3v) is 7.92. The Hall–Kier alpha value is -0.580. The Kier molecular flexibility index (Phi) is 4.57. The van der Waals surface area contributed by atoms with Gasteiger partial charge in [-0.25, -0.2) is 8.42 Å². The van der Waals surface area contributed by atoms with Gasteiger partial charge in [-0.15, -0.1) is 0 Å². The molecule has 3 atom stereocenters. The van der Waals surface area contributed by atoms with Gasteiger partial charge >= 0.3 is 0 Å². The van der Waals surface area contributed by atoms with E-state index in [2.05, 4.69) is 5.32 Å². The molecule has 1 aliphatic heterocycles. The first-order valence-electron chi connectivity index (χ1n) is 8.57. The molecular formula is C16H27NO3S. The highest BCUT2D eigenvalue weighted by Crippen LogP contribution is 2.49. The zero-order valence-electron chi connectivity index (χ0n) is 12.7. The van der Waals surface area contributed by atoms with Gasteiger partial charge in [0.1, 0.15) is 0 Å². The molecule has 0 aromatic carbocycles. The van der Waals surface area contributed by atoms with E-state index in [-0.39, 0.29) is 17.1 Å². The van der Waals surface area contributed by atoms with Crippen molar-refractivity contribution in [3.05, 3.63) is 0 Å². The Morgan fingerprint density at radius 1 is 1.00 bits per heavy atom. The van der Waals surface area contributed by atoms with E-state index >= 15 is 0 Å². The average molecular weight is 313 g/mol. The molecule has 2 saturated carbocycles. The van der Waals surface area contributed by atoms with Gasteiger partial charge in [0.2, 0.25) is 5.91 Å². The van der Waals surface area contributed by atoms with Crippen molar-refractivity contribution in [1.82, 2.24) is 5.32 Å². The van der Waals surface area contributed by atoms with Gasteiger partial charge < -0.3 is 5.32 Å². The Morgan fingerprint density at radius 3 is 2.43 bits per heavy atom. The monoisotopic (exact) mass is 313 g/mol. The lowest BCUT2D eigenvalue weighted by atomic mass is 9.85. The molecule has 2 aliphatic carbocycles. The van der Waals surface area contributed by atoms with E-state index in [1.54, 1.807) is 0 Å². The maximum atomic E-state index is 12.2. The van der Waals surface area contributed by atoms with E-state index in [0.29, 0.717) is 24.6 Å². The smallest absolute Gasteiger partial charge is 0.223 e.